The standard InChI is InChI=1S/C19H19N3O5S2/c1-10-4-5-15(29-10)12-9-28-19(21-12)22-18(24)11-6-13(25-2)17(14(7-11)26-3)27-8-16(20)23/h4-7,9H,8H2,1-3H3,(H2,20,23)(H,21,22,24). The van der Waals surface area contributed by atoms with E-state index in [2.05, 4.69) is 10.3 Å². The molecule has 0 fully saturated rings. The summed E-state index contributed by atoms with van der Waals surface area (Å²) in [4.78, 5) is 30.4. The van der Waals surface area contributed by atoms with Gasteiger partial charge in [-0.2, -0.15) is 0 Å². The Kier molecular flexibility index (Phi) is 6.35. The summed E-state index contributed by atoms with van der Waals surface area (Å²) < 4.78 is 15.9. The van der Waals surface area contributed by atoms with E-state index in [9.17, 15) is 9.59 Å². The minimum atomic E-state index is -0.642. The molecule has 0 radical (unpaired) electrons. The molecule has 0 saturated carbocycles. The number of nitrogens with zero attached hydrogens (tertiary/aromatic N) is 1. The molecule has 2 aromatic heterocycles. The van der Waals surface area contributed by atoms with Crippen LogP contribution < -0.4 is 25.3 Å². The third kappa shape index (κ3) is 4.84. The van der Waals surface area contributed by atoms with Crippen molar-refractivity contribution in [2.45, 2.75) is 6.92 Å². The van der Waals surface area contributed by atoms with Crippen LogP contribution in [0.1, 0.15) is 15.2 Å². The van der Waals surface area contributed by atoms with Gasteiger partial charge in [-0.1, -0.05) is 0 Å². The van der Waals surface area contributed by atoms with Gasteiger partial charge in [-0.05, 0) is 31.2 Å². The van der Waals surface area contributed by atoms with Gasteiger partial charge in [0.15, 0.2) is 23.2 Å². The van der Waals surface area contributed by atoms with Crippen LogP contribution in [0.15, 0.2) is 29.6 Å². The van der Waals surface area contributed by atoms with E-state index in [1.807, 2.05) is 24.4 Å². The van der Waals surface area contributed by atoms with E-state index in [-0.39, 0.29) is 35.3 Å². The molecule has 10 heteroatoms. The maximum Gasteiger partial charge on any atom is 0.257 e. The van der Waals surface area contributed by atoms with Crippen molar-refractivity contribution in [3.05, 3.63) is 40.1 Å². The molecule has 3 aromatic rings. The van der Waals surface area contributed by atoms with E-state index in [1.165, 1.54) is 42.6 Å². The van der Waals surface area contributed by atoms with E-state index in [1.54, 1.807) is 11.3 Å². The van der Waals surface area contributed by atoms with Crippen molar-refractivity contribution in [1.82, 2.24) is 4.98 Å². The molecule has 0 saturated heterocycles. The van der Waals surface area contributed by atoms with Gasteiger partial charge in [0.2, 0.25) is 5.75 Å². The number of rotatable bonds is 8. The number of thiophene rings is 1. The highest BCUT2D eigenvalue weighted by atomic mass is 32.1. The second kappa shape index (κ2) is 8.93. The number of carbonyl (C=O) groups is 2. The van der Waals surface area contributed by atoms with Crippen LogP contribution >= 0.6 is 22.7 Å². The molecule has 3 rings (SSSR count). The predicted octanol–water partition coefficient (Wildman–Crippen LogP) is 3.31. The zero-order valence-corrected chi connectivity index (χ0v) is 17.6. The Morgan fingerprint density at radius 2 is 1.86 bits per heavy atom. The van der Waals surface area contributed by atoms with Crippen molar-refractivity contribution >= 4 is 39.6 Å². The van der Waals surface area contributed by atoms with Crippen LogP contribution in [-0.4, -0.2) is 37.6 Å². The molecular formula is C19H19N3O5S2. The van der Waals surface area contributed by atoms with Crippen LogP contribution in [0.25, 0.3) is 10.6 Å². The molecule has 152 valence electrons. The van der Waals surface area contributed by atoms with Gasteiger partial charge in [0.1, 0.15) is 0 Å². The first-order chi connectivity index (χ1) is 13.9. The Morgan fingerprint density at radius 1 is 1.17 bits per heavy atom. The number of aryl methyl sites for hydroxylation is 1. The average molecular weight is 434 g/mol. The first-order valence-electron chi connectivity index (χ1n) is 8.42. The second-order valence-corrected chi connectivity index (χ2v) is 8.01. The number of anilines is 1. The normalized spacial score (nSPS) is 10.4. The zero-order chi connectivity index (χ0) is 21.0. The van der Waals surface area contributed by atoms with Crippen LogP contribution in [0.2, 0.25) is 0 Å². The third-order valence-corrected chi connectivity index (χ3v) is 5.58. The molecule has 3 N–H and O–H groups in total. The maximum absolute atomic E-state index is 12.7. The van der Waals surface area contributed by atoms with E-state index < -0.39 is 5.91 Å². The van der Waals surface area contributed by atoms with Gasteiger partial charge < -0.3 is 19.9 Å². The molecule has 0 unspecified atom stereocenters. The Morgan fingerprint density at radius 3 is 2.41 bits per heavy atom. The number of amides is 2. The van der Waals surface area contributed by atoms with Crippen molar-refractivity contribution in [3.63, 3.8) is 0 Å². The van der Waals surface area contributed by atoms with E-state index >= 15 is 0 Å². The highest BCUT2D eigenvalue weighted by Gasteiger charge is 2.19. The first kappa shape index (κ1) is 20.6. The lowest BCUT2D eigenvalue weighted by atomic mass is 10.1. The highest BCUT2D eigenvalue weighted by Crippen LogP contribution is 2.39. The number of benzene rings is 1. The predicted molar refractivity (Wildman–Crippen MR) is 112 cm³/mol. The Labute approximate surface area is 175 Å². The lowest BCUT2D eigenvalue weighted by Crippen LogP contribution is -2.20. The molecule has 29 heavy (non-hydrogen) atoms. The van der Waals surface area contributed by atoms with Crippen molar-refractivity contribution in [2.24, 2.45) is 5.73 Å². The summed E-state index contributed by atoms with van der Waals surface area (Å²) in [6, 6.07) is 7.01. The van der Waals surface area contributed by atoms with Gasteiger partial charge in [-0.3, -0.25) is 14.9 Å². The van der Waals surface area contributed by atoms with Crippen LogP contribution in [-0.2, 0) is 4.79 Å². The average Bonchev–Trinajstić information content (AvgIpc) is 3.34. The number of primary amides is 1. The summed E-state index contributed by atoms with van der Waals surface area (Å²) in [7, 11) is 2.84. The topological polar surface area (TPSA) is 113 Å². The van der Waals surface area contributed by atoms with E-state index in [0.717, 1.165) is 10.6 Å². The molecule has 0 aliphatic heterocycles. The number of nitrogens with two attached hydrogens (primary N) is 1. The number of carbonyl (C=O) groups excluding carboxylic acids is 2. The molecule has 0 atom stereocenters. The summed E-state index contributed by atoms with van der Waals surface area (Å²) in [6.45, 7) is 1.68. The van der Waals surface area contributed by atoms with Crippen molar-refractivity contribution in [2.75, 3.05) is 26.1 Å². The van der Waals surface area contributed by atoms with Crippen LogP contribution in [0.4, 0.5) is 5.13 Å². The molecule has 2 heterocycles. The maximum atomic E-state index is 12.7. The molecule has 8 nitrogen and oxygen atoms in total. The minimum absolute atomic E-state index is 0.190. The van der Waals surface area contributed by atoms with Gasteiger partial charge in [0.25, 0.3) is 11.8 Å². The Hall–Kier alpha value is -3.11. The van der Waals surface area contributed by atoms with Gasteiger partial charge in [-0.25, -0.2) is 4.98 Å². The SMILES string of the molecule is COc1cc(C(=O)Nc2nc(-c3ccc(C)s3)cs2)cc(OC)c1OCC(N)=O. The third-order valence-electron chi connectivity index (χ3n) is 3.80. The fourth-order valence-electron chi connectivity index (χ4n) is 2.48. The van der Waals surface area contributed by atoms with E-state index in [4.69, 9.17) is 19.9 Å². The fourth-order valence-corrected chi connectivity index (χ4v) is 4.09. The first-order valence-corrected chi connectivity index (χ1v) is 10.1. The molecule has 1 aromatic carbocycles. The minimum Gasteiger partial charge on any atom is -0.493 e. The molecule has 0 spiro atoms. The Bertz CT molecular complexity index is 1020. The largest absolute Gasteiger partial charge is 0.493 e. The smallest absolute Gasteiger partial charge is 0.257 e. The molecule has 0 bridgehead atoms. The van der Waals surface area contributed by atoms with Gasteiger partial charge in [0.05, 0.1) is 24.8 Å². The van der Waals surface area contributed by atoms with Crippen LogP contribution in [0, 0.1) is 6.92 Å². The lowest BCUT2D eigenvalue weighted by Gasteiger charge is -2.15. The van der Waals surface area contributed by atoms with Crippen molar-refractivity contribution in [1.29, 1.82) is 0 Å². The number of methoxy groups -OCH3 is 2. The number of aromatic nitrogens is 1. The number of hydrogen-bond acceptors (Lipinski definition) is 8. The van der Waals surface area contributed by atoms with Crippen LogP contribution in [0.3, 0.4) is 0 Å². The number of hydrogen-bond donors (Lipinski definition) is 2. The molecule has 0 aliphatic carbocycles. The molecule has 0 aliphatic rings. The zero-order valence-electron chi connectivity index (χ0n) is 16.0. The van der Waals surface area contributed by atoms with Gasteiger partial charge >= 0.3 is 0 Å². The second-order valence-electron chi connectivity index (χ2n) is 5.87. The summed E-state index contributed by atoms with van der Waals surface area (Å²) in [6.07, 6.45) is 0. The number of thiazole rings is 1. The highest BCUT2D eigenvalue weighted by molar-refractivity contribution is 7.17. The monoisotopic (exact) mass is 433 g/mol. The number of ether oxygens (including phenoxy) is 3. The van der Waals surface area contributed by atoms with Gasteiger partial charge in [-0.15, -0.1) is 22.7 Å². The van der Waals surface area contributed by atoms with Crippen LogP contribution in [0.5, 0.6) is 17.2 Å². The fraction of sp³-hybridized carbons (Fsp3) is 0.211. The van der Waals surface area contributed by atoms with Gasteiger partial charge in [0, 0.05) is 15.8 Å². The lowest BCUT2D eigenvalue weighted by molar-refractivity contribution is -0.120. The van der Waals surface area contributed by atoms with Crippen molar-refractivity contribution < 1.29 is 23.8 Å². The quantitative estimate of drug-likeness (QED) is 0.564. The van der Waals surface area contributed by atoms with Crippen molar-refractivity contribution in [3.8, 4) is 27.8 Å². The number of nitrogens with one attached hydrogen (secondary N) is 1. The Balaban J connectivity index is 1.81. The summed E-state index contributed by atoms with van der Waals surface area (Å²) in [5.41, 5.74) is 6.22. The summed E-state index contributed by atoms with van der Waals surface area (Å²) in [5.74, 6) is -0.355. The molecular weight excluding hydrogens is 414 g/mol. The summed E-state index contributed by atoms with van der Waals surface area (Å²) >= 11 is 2.98. The summed E-state index contributed by atoms with van der Waals surface area (Å²) in [5, 5.41) is 5.14. The van der Waals surface area contributed by atoms with E-state index in [0.29, 0.717) is 5.13 Å². The molecule has 2 amide bonds.